The van der Waals surface area contributed by atoms with Gasteiger partial charge in [-0.3, -0.25) is 0 Å². The van der Waals surface area contributed by atoms with E-state index in [4.69, 9.17) is 13.3 Å². The molecule has 0 aliphatic carbocycles. The van der Waals surface area contributed by atoms with E-state index in [2.05, 4.69) is 27.4 Å². The molecule has 0 aromatic rings. The first kappa shape index (κ1) is 16.8. The normalized spacial score (nSPS) is 14.7. The van der Waals surface area contributed by atoms with Crippen molar-refractivity contribution in [1.82, 2.24) is 0 Å². The van der Waals surface area contributed by atoms with Crippen LogP contribution in [0.2, 0.25) is 6.55 Å². The zero-order valence-electron chi connectivity index (χ0n) is 12.2. The van der Waals surface area contributed by atoms with Crippen LogP contribution in [0.1, 0.15) is 40.0 Å². The average molecular weight is 260 g/mol. The summed E-state index contributed by atoms with van der Waals surface area (Å²) in [5, 5.41) is 0. The lowest BCUT2D eigenvalue weighted by Crippen LogP contribution is -2.47. The summed E-state index contributed by atoms with van der Waals surface area (Å²) in [5.41, 5.74) is -0.201. The molecule has 3 nitrogen and oxygen atoms in total. The second-order valence-electron chi connectivity index (χ2n) is 5.24. The quantitative estimate of drug-likeness (QED) is 0.468. The van der Waals surface area contributed by atoms with Crippen LogP contribution in [0.25, 0.3) is 0 Å². The minimum Gasteiger partial charge on any atom is -0.377 e. The molecule has 1 atom stereocenters. The van der Waals surface area contributed by atoms with E-state index in [1.807, 2.05) is 12.6 Å². The summed E-state index contributed by atoms with van der Waals surface area (Å²) in [5.74, 6) is 0.569. The van der Waals surface area contributed by atoms with Gasteiger partial charge in [-0.05, 0) is 32.6 Å². The molecule has 0 N–H and O–H groups in total. The third kappa shape index (κ3) is 6.98. The fourth-order valence-corrected chi connectivity index (χ4v) is 3.13. The van der Waals surface area contributed by atoms with Gasteiger partial charge in [-0.2, -0.15) is 0 Å². The zero-order valence-corrected chi connectivity index (χ0v) is 13.2. The standard InChI is InChI=1S/C13H28O3Si/c1-8-12(2)10-9-11-13(3,4)16-17(7,14-5)15-6/h8,12H,1,9-11H2,2-7H3. The summed E-state index contributed by atoms with van der Waals surface area (Å²) in [6.45, 7) is 12.1. The highest BCUT2D eigenvalue weighted by Gasteiger charge is 2.38. The summed E-state index contributed by atoms with van der Waals surface area (Å²) in [7, 11) is 0.850. The first-order chi connectivity index (χ1) is 7.78. The van der Waals surface area contributed by atoms with Gasteiger partial charge in [-0.25, -0.2) is 0 Å². The van der Waals surface area contributed by atoms with Gasteiger partial charge in [0.25, 0.3) is 0 Å². The fraction of sp³-hybridized carbons (Fsp3) is 0.846. The maximum absolute atomic E-state index is 6.01. The Morgan fingerprint density at radius 1 is 1.29 bits per heavy atom. The molecule has 0 aliphatic rings. The topological polar surface area (TPSA) is 27.7 Å². The minimum absolute atomic E-state index is 0.201. The monoisotopic (exact) mass is 260 g/mol. The third-order valence-corrected chi connectivity index (χ3v) is 5.45. The first-order valence-corrected chi connectivity index (χ1v) is 8.44. The number of hydrogen-bond donors (Lipinski definition) is 0. The molecule has 0 aliphatic heterocycles. The number of rotatable bonds is 9. The molecule has 17 heavy (non-hydrogen) atoms. The van der Waals surface area contributed by atoms with Crippen LogP contribution in [-0.2, 0) is 13.3 Å². The fourth-order valence-electron chi connectivity index (χ4n) is 1.69. The van der Waals surface area contributed by atoms with Gasteiger partial charge in [0.15, 0.2) is 0 Å². The van der Waals surface area contributed by atoms with Crippen LogP contribution in [-0.4, -0.2) is 28.6 Å². The Morgan fingerprint density at radius 2 is 1.82 bits per heavy atom. The average Bonchev–Trinajstić information content (AvgIpc) is 2.27. The Bertz CT molecular complexity index is 225. The predicted molar refractivity (Wildman–Crippen MR) is 74.0 cm³/mol. The molecule has 4 heteroatoms. The molecule has 0 fully saturated rings. The van der Waals surface area contributed by atoms with Gasteiger partial charge in [0.2, 0.25) is 0 Å². The van der Waals surface area contributed by atoms with E-state index < -0.39 is 8.80 Å². The van der Waals surface area contributed by atoms with E-state index in [1.165, 1.54) is 0 Å². The first-order valence-electron chi connectivity index (χ1n) is 6.21. The van der Waals surface area contributed by atoms with Gasteiger partial charge < -0.3 is 13.3 Å². The van der Waals surface area contributed by atoms with Crippen LogP contribution in [0.5, 0.6) is 0 Å². The molecule has 0 saturated heterocycles. The Hall–Kier alpha value is -0.163. The van der Waals surface area contributed by atoms with Crippen molar-refractivity contribution in [2.24, 2.45) is 5.92 Å². The van der Waals surface area contributed by atoms with Crippen molar-refractivity contribution in [2.75, 3.05) is 14.2 Å². The Kier molecular flexibility index (Phi) is 7.24. The van der Waals surface area contributed by atoms with Crippen LogP contribution in [0.3, 0.4) is 0 Å². The van der Waals surface area contributed by atoms with Gasteiger partial charge in [-0.15, -0.1) is 6.58 Å². The maximum atomic E-state index is 6.01. The van der Waals surface area contributed by atoms with E-state index in [0.717, 1.165) is 19.3 Å². The zero-order chi connectivity index (χ0) is 13.5. The van der Waals surface area contributed by atoms with E-state index in [9.17, 15) is 0 Å². The molecule has 0 aromatic carbocycles. The molecule has 0 bridgehead atoms. The summed E-state index contributed by atoms with van der Waals surface area (Å²) < 4.78 is 16.7. The van der Waals surface area contributed by atoms with Crippen molar-refractivity contribution < 1.29 is 13.3 Å². The lowest BCUT2D eigenvalue weighted by molar-refractivity contribution is 0.00318. The van der Waals surface area contributed by atoms with E-state index in [0.29, 0.717) is 5.92 Å². The van der Waals surface area contributed by atoms with Gasteiger partial charge in [0, 0.05) is 20.8 Å². The van der Waals surface area contributed by atoms with E-state index >= 15 is 0 Å². The highest BCUT2D eigenvalue weighted by Crippen LogP contribution is 2.25. The van der Waals surface area contributed by atoms with Gasteiger partial charge in [0.1, 0.15) is 0 Å². The molecule has 102 valence electrons. The Balaban J connectivity index is 4.14. The second kappa shape index (κ2) is 7.31. The minimum atomic E-state index is -2.44. The molecular weight excluding hydrogens is 232 g/mol. The van der Waals surface area contributed by atoms with E-state index in [1.54, 1.807) is 14.2 Å². The van der Waals surface area contributed by atoms with Crippen molar-refractivity contribution in [2.45, 2.75) is 52.2 Å². The van der Waals surface area contributed by atoms with Crippen LogP contribution in [0.15, 0.2) is 12.7 Å². The van der Waals surface area contributed by atoms with E-state index in [-0.39, 0.29) is 5.60 Å². The molecule has 1 unspecified atom stereocenters. The molecule has 0 saturated carbocycles. The Morgan fingerprint density at radius 3 is 2.24 bits per heavy atom. The van der Waals surface area contributed by atoms with Crippen LogP contribution in [0, 0.1) is 5.92 Å². The molecule has 0 aromatic heterocycles. The molecule has 0 heterocycles. The number of hydrogen-bond acceptors (Lipinski definition) is 3. The molecule has 0 spiro atoms. The highest BCUT2D eigenvalue weighted by atomic mass is 28.4. The van der Waals surface area contributed by atoms with Crippen LogP contribution >= 0.6 is 0 Å². The molecule has 0 rings (SSSR count). The third-order valence-electron chi connectivity index (χ3n) is 3.04. The SMILES string of the molecule is C=CC(C)CCCC(C)(C)O[Si](C)(OC)OC. The van der Waals surface area contributed by atoms with Crippen molar-refractivity contribution in [3.8, 4) is 0 Å². The predicted octanol–water partition coefficient (Wildman–Crippen LogP) is 3.64. The van der Waals surface area contributed by atoms with Gasteiger partial charge >= 0.3 is 8.80 Å². The lowest BCUT2D eigenvalue weighted by Gasteiger charge is -2.34. The van der Waals surface area contributed by atoms with Crippen LogP contribution in [0.4, 0.5) is 0 Å². The molecule has 0 radical (unpaired) electrons. The summed E-state index contributed by atoms with van der Waals surface area (Å²) in [6.07, 6.45) is 5.27. The van der Waals surface area contributed by atoms with Gasteiger partial charge in [-0.1, -0.05) is 19.4 Å². The van der Waals surface area contributed by atoms with Gasteiger partial charge in [0.05, 0.1) is 5.60 Å². The summed E-state index contributed by atoms with van der Waals surface area (Å²) in [6, 6.07) is 0. The van der Waals surface area contributed by atoms with Crippen LogP contribution < -0.4 is 0 Å². The molecular formula is C13H28O3Si. The molecule has 0 amide bonds. The van der Waals surface area contributed by atoms with Crippen molar-refractivity contribution in [3.63, 3.8) is 0 Å². The highest BCUT2D eigenvalue weighted by molar-refractivity contribution is 6.59. The second-order valence-corrected chi connectivity index (χ2v) is 7.98. The summed E-state index contributed by atoms with van der Waals surface area (Å²) >= 11 is 0. The maximum Gasteiger partial charge on any atom is 0.497 e. The lowest BCUT2D eigenvalue weighted by atomic mass is 9.97. The Labute approximate surface area is 108 Å². The number of allylic oxidation sites excluding steroid dienone is 1. The van der Waals surface area contributed by atoms with Crippen molar-refractivity contribution >= 4 is 8.80 Å². The van der Waals surface area contributed by atoms with Crippen molar-refractivity contribution in [1.29, 1.82) is 0 Å². The summed E-state index contributed by atoms with van der Waals surface area (Å²) in [4.78, 5) is 0. The van der Waals surface area contributed by atoms with Crippen molar-refractivity contribution in [3.05, 3.63) is 12.7 Å². The largest absolute Gasteiger partial charge is 0.497 e. The smallest absolute Gasteiger partial charge is 0.377 e.